The fourth-order valence-corrected chi connectivity index (χ4v) is 16.1. The summed E-state index contributed by atoms with van der Waals surface area (Å²) >= 11 is 0. The SMILES string of the molecule is C=C[C@]1(OC(=O)n2ccnc2)/C=C(\C)C(=O)[C@H](C)CC(C)(C)[C@H](O[C@@H]2O[C@H](C)C[C@H](C)[C@H]2C)[C@@H](C)C(=O)[C@@H](C)C(=O)O[C@@H]1CC.C=C[C@]12OC(=O)N(CCCCn3cnc4cccnc43)[C@@H]1[C@@H](C)C(=O)[C@H](C)CC(C)(C)[C@H](O[C@@H]1O[C@H](C)C[C@H](C)[C@H]1O)[C@@H](C)C(=O)[C@@H](C)C(=O)O[C@@H]2CC. The van der Waals surface area contributed by atoms with Crippen molar-refractivity contribution in [2.24, 2.45) is 70.0 Å². The van der Waals surface area contributed by atoms with Crippen molar-refractivity contribution >= 4 is 58.4 Å². The molecule has 8 rings (SSSR count). The first-order chi connectivity index (χ1) is 46.4. The van der Waals surface area contributed by atoms with E-state index in [2.05, 4.69) is 42.0 Å². The number of hydrogen-bond donors (Lipinski definition) is 1. The second-order valence-corrected chi connectivity index (χ2v) is 30.5. The van der Waals surface area contributed by atoms with Crippen LogP contribution >= 0.6 is 0 Å². The number of pyridine rings is 1. The molecule has 0 spiro atoms. The number of ether oxygens (including phenoxy) is 8. The number of Topliss-reactive ketones (excluding diaryl/α,β-unsaturated/α-hetero) is 4. The van der Waals surface area contributed by atoms with Gasteiger partial charge in [-0.15, -0.1) is 0 Å². The third-order valence-corrected chi connectivity index (χ3v) is 21.7. The molecule has 22 atom stereocenters. The van der Waals surface area contributed by atoms with E-state index in [1.807, 2.05) is 79.0 Å². The summed E-state index contributed by atoms with van der Waals surface area (Å²) in [4.78, 5) is 126. The maximum absolute atomic E-state index is 14.6. The first-order valence-corrected chi connectivity index (χ1v) is 35.7. The molecule has 0 unspecified atom stereocenters. The molecule has 1 amide bonds. The third kappa shape index (κ3) is 17.4. The molecule has 5 aliphatic rings. The molecule has 0 bridgehead atoms. The number of unbranched alkanes of at least 4 members (excludes halogenated alkanes) is 1. The molecule has 3 aromatic heterocycles. The Morgan fingerprint density at radius 2 is 1.24 bits per heavy atom. The second kappa shape index (κ2) is 32.9. The van der Waals surface area contributed by atoms with E-state index in [1.54, 1.807) is 59.0 Å². The van der Waals surface area contributed by atoms with Gasteiger partial charge in [0.05, 0.1) is 36.8 Å². The van der Waals surface area contributed by atoms with Crippen LogP contribution in [0, 0.1) is 70.0 Å². The lowest BCUT2D eigenvalue weighted by atomic mass is 9.69. The van der Waals surface area contributed by atoms with Gasteiger partial charge in [-0.1, -0.05) is 110 Å². The summed E-state index contributed by atoms with van der Waals surface area (Å²) in [5, 5.41) is 11.1. The van der Waals surface area contributed by atoms with Gasteiger partial charge >= 0.3 is 24.1 Å². The minimum atomic E-state index is -1.70. The summed E-state index contributed by atoms with van der Waals surface area (Å²) in [6.45, 7) is 44.0. The van der Waals surface area contributed by atoms with E-state index in [-0.39, 0.29) is 60.8 Å². The van der Waals surface area contributed by atoms with Gasteiger partial charge < -0.3 is 47.6 Å². The monoisotopic (exact) mass is 1380 g/mol. The Kier molecular flexibility index (Phi) is 26.4. The number of cyclic esters (lactones) is 2. The molecule has 0 radical (unpaired) electrons. The summed E-state index contributed by atoms with van der Waals surface area (Å²) in [7, 11) is 0. The number of amides is 1. The van der Waals surface area contributed by atoms with E-state index in [1.165, 1.54) is 50.8 Å². The van der Waals surface area contributed by atoms with Crippen LogP contribution in [0.3, 0.4) is 0 Å². The molecule has 1 N–H and O–H groups in total. The van der Waals surface area contributed by atoms with Gasteiger partial charge in [-0.3, -0.25) is 33.7 Å². The molecule has 4 saturated heterocycles. The van der Waals surface area contributed by atoms with Crippen LogP contribution in [0.4, 0.5) is 9.59 Å². The van der Waals surface area contributed by atoms with Gasteiger partial charge in [0.2, 0.25) is 0 Å². The number of imidazole rings is 2. The summed E-state index contributed by atoms with van der Waals surface area (Å²) in [6, 6.07) is 2.90. The normalized spacial score (nSPS) is 37.3. The number of carbonyl (C=O) groups is 8. The number of aromatic nitrogens is 5. The highest BCUT2D eigenvalue weighted by Gasteiger charge is 2.61. The number of hydrogen-bond acceptors (Lipinski definition) is 20. The Labute approximate surface area is 585 Å². The zero-order valence-electron chi connectivity index (χ0n) is 62.0. The molecule has 0 saturated carbocycles. The van der Waals surface area contributed by atoms with Crippen LogP contribution in [0.2, 0.25) is 0 Å². The van der Waals surface area contributed by atoms with Crippen LogP contribution in [0.5, 0.6) is 0 Å². The maximum atomic E-state index is 14.6. The van der Waals surface area contributed by atoms with E-state index in [4.69, 9.17) is 37.9 Å². The standard InChI is InChI=1S/C41H60N4O9.C35H52N2O8/c1-11-30-41(12-2)34(45(39(50)54-41)19-14-13-18-44-22-43-29-16-15-17-42-36(29)44)26(6)31(46)24(4)21-40(9,10)35(27(7)33(48)28(8)37(49)52-30)53-38-32(47)23(3)20-25(5)51-38;1-12-27-35(13-2,45-33(41)37-15-14-36-19-37)18-22(5)28(38)21(4)17-34(10,11)30(25(8)29(39)26(9)31(40)43-27)44-32-24(7)20(3)16-23(6)42-32/h12,15-17,22-28,30,32,34-35,38,47H,2,11,13-14,18-21H2,1,3-10H3;13-15,18-21,23-27,30,32H,2,12,16-17H2,1,3-11H3/b;22-18+/t23-,24+,25+,26-,27-,28+,30+,32+,34+,35+,38-,41+;20-,21+,23+,24+,25-,26+,27+,30+,32-,35-/m00/s1. The number of allylic oxidation sites excluding steroid dienone is 1. The quantitative estimate of drug-likeness (QED) is 0.0516. The minimum absolute atomic E-state index is 0.00463. The predicted octanol–water partition coefficient (Wildman–Crippen LogP) is 12.2. The number of aliphatic hydroxyl groups is 1. The number of nitrogens with zero attached hydrogens (tertiary/aromatic N) is 6. The molecule has 0 aliphatic carbocycles. The van der Waals surface area contributed by atoms with Gasteiger partial charge in [0.1, 0.15) is 47.8 Å². The Morgan fingerprint density at radius 3 is 1.81 bits per heavy atom. The predicted molar refractivity (Wildman–Crippen MR) is 370 cm³/mol. The number of carbonyl (C=O) groups excluding carboxylic acids is 8. The van der Waals surface area contributed by atoms with Gasteiger partial charge in [-0.2, -0.15) is 0 Å². The van der Waals surface area contributed by atoms with E-state index < -0.39 is 143 Å². The van der Waals surface area contributed by atoms with Gasteiger partial charge in [0.25, 0.3) is 0 Å². The van der Waals surface area contributed by atoms with Crippen molar-refractivity contribution in [3.8, 4) is 0 Å². The van der Waals surface area contributed by atoms with Crippen molar-refractivity contribution < 1.29 is 81.4 Å². The summed E-state index contributed by atoms with van der Waals surface area (Å²) in [5.41, 5.74) is -2.84. The van der Waals surface area contributed by atoms with Crippen LogP contribution in [-0.2, 0) is 73.2 Å². The van der Waals surface area contributed by atoms with Crippen molar-refractivity contribution in [1.29, 1.82) is 0 Å². The first kappa shape index (κ1) is 79.5. The molecule has 23 heteroatoms. The van der Waals surface area contributed by atoms with Crippen LogP contribution < -0.4 is 0 Å². The van der Waals surface area contributed by atoms with Gasteiger partial charge in [-0.05, 0) is 145 Å². The zero-order chi connectivity index (χ0) is 73.6. The van der Waals surface area contributed by atoms with Crippen molar-refractivity contribution in [1.82, 2.24) is 29.0 Å². The number of aryl methyl sites for hydroxylation is 1. The lowest BCUT2D eigenvalue weighted by molar-refractivity contribution is -0.284. The molecular formula is C76H112N6O17. The Hall–Kier alpha value is -6.79. The summed E-state index contributed by atoms with van der Waals surface area (Å²) < 4.78 is 52.8. The average Bonchev–Trinajstić information content (AvgIpc) is 1.61. The molecule has 8 heterocycles. The van der Waals surface area contributed by atoms with Gasteiger partial charge in [0.15, 0.2) is 46.8 Å². The van der Waals surface area contributed by atoms with E-state index in [0.29, 0.717) is 50.1 Å². The van der Waals surface area contributed by atoms with Gasteiger partial charge in [-0.25, -0.2) is 29.1 Å². The number of fused-ring (bicyclic) bond motifs is 2. The summed E-state index contributed by atoms with van der Waals surface area (Å²) in [6.07, 6.45) is 8.27. The van der Waals surface area contributed by atoms with E-state index in [0.717, 1.165) is 22.2 Å². The number of esters is 2. The number of aliphatic hydroxyl groups excluding tert-OH is 1. The van der Waals surface area contributed by atoms with Crippen molar-refractivity contribution in [2.45, 2.75) is 262 Å². The molecule has 23 nitrogen and oxygen atoms in total. The van der Waals surface area contributed by atoms with Crippen molar-refractivity contribution in [2.75, 3.05) is 6.54 Å². The smallest absolute Gasteiger partial charge is 0.420 e. The van der Waals surface area contributed by atoms with E-state index in [9.17, 15) is 43.5 Å². The third-order valence-electron chi connectivity index (χ3n) is 21.7. The Bertz CT molecular complexity index is 3400. The number of rotatable bonds is 14. The van der Waals surface area contributed by atoms with Crippen LogP contribution in [0.1, 0.15) is 183 Å². The molecule has 3 aromatic rings. The molecule has 99 heavy (non-hydrogen) atoms. The lowest BCUT2D eigenvalue weighted by Gasteiger charge is -2.45. The topological polar surface area (TPSA) is 282 Å². The fourth-order valence-electron chi connectivity index (χ4n) is 16.1. The highest BCUT2D eigenvalue weighted by atomic mass is 16.7. The average molecular weight is 1380 g/mol. The van der Waals surface area contributed by atoms with Crippen LogP contribution in [0.15, 0.2) is 80.3 Å². The van der Waals surface area contributed by atoms with Gasteiger partial charge in [0, 0.05) is 67.2 Å². The highest BCUT2D eigenvalue weighted by molar-refractivity contribution is 6.01. The van der Waals surface area contributed by atoms with Crippen LogP contribution in [0.25, 0.3) is 11.2 Å². The van der Waals surface area contributed by atoms with Crippen molar-refractivity contribution in [3.05, 3.63) is 80.3 Å². The first-order valence-electron chi connectivity index (χ1n) is 35.7. The molecule has 5 aliphatic heterocycles. The Morgan fingerprint density at radius 1 is 0.687 bits per heavy atom. The maximum Gasteiger partial charge on any atom is 0.420 e. The Balaban J connectivity index is 0.000000283. The van der Waals surface area contributed by atoms with E-state index >= 15 is 0 Å². The second-order valence-electron chi connectivity index (χ2n) is 30.5. The summed E-state index contributed by atoms with van der Waals surface area (Å²) in [5.74, 6) is -7.90. The molecule has 548 valence electrons. The largest absolute Gasteiger partial charge is 0.457 e. The molecular weight excluding hydrogens is 1270 g/mol. The number of ketones is 4. The zero-order valence-corrected chi connectivity index (χ0v) is 62.0. The minimum Gasteiger partial charge on any atom is -0.457 e. The van der Waals surface area contributed by atoms with Crippen LogP contribution in [-0.4, -0.2) is 160 Å². The highest BCUT2D eigenvalue weighted by Crippen LogP contribution is 2.47. The molecule has 4 fully saturated rings. The lowest BCUT2D eigenvalue weighted by Crippen LogP contribution is -2.58. The van der Waals surface area contributed by atoms with Crippen molar-refractivity contribution in [3.63, 3.8) is 0 Å². The fraction of sp³-hybridized carbons (Fsp3) is 0.697. The molecule has 0 aromatic carbocycles.